The Labute approximate surface area is 113 Å². The van der Waals surface area contributed by atoms with Gasteiger partial charge in [0.25, 0.3) is 0 Å². The molecule has 0 spiro atoms. The molecule has 2 heterocycles. The maximum atomic E-state index is 10.7. The minimum atomic E-state index is -3.40. The quantitative estimate of drug-likeness (QED) is 0.779. The predicted octanol–water partition coefficient (Wildman–Crippen LogP) is 0.582. The van der Waals surface area contributed by atoms with Crippen LogP contribution in [0, 0.1) is 0 Å². The predicted molar refractivity (Wildman–Crippen MR) is 71.8 cm³/mol. The fourth-order valence-corrected chi connectivity index (χ4v) is 2.28. The van der Waals surface area contributed by atoms with Crippen LogP contribution in [-0.2, 0) is 10.0 Å². The van der Waals surface area contributed by atoms with Gasteiger partial charge in [-0.1, -0.05) is 0 Å². The number of halogens is 1. The Bertz CT molecular complexity index is 654. The third-order valence-corrected chi connectivity index (χ3v) is 3.51. The number of nitrogens with one attached hydrogen (secondary N) is 1. The highest BCUT2D eigenvalue weighted by atomic mass is 79.9. The molecular formula is C9H12BrN5O2S. The fraction of sp³-hybridized carbons (Fsp3) is 0.333. The van der Waals surface area contributed by atoms with Crippen LogP contribution in [0.2, 0.25) is 0 Å². The Balaban J connectivity index is 1.96. The molecule has 3 N–H and O–H groups in total. The van der Waals surface area contributed by atoms with Crippen molar-refractivity contribution in [3.8, 4) is 0 Å². The first kappa shape index (κ1) is 13.2. The number of hydrogen-bond donors (Lipinski definition) is 2. The van der Waals surface area contributed by atoms with Crippen molar-refractivity contribution >= 4 is 37.5 Å². The molecule has 0 aliphatic carbocycles. The molecule has 98 valence electrons. The average molecular weight is 334 g/mol. The van der Waals surface area contributed by atoms with Crippen LogP contribution in [0.25, 0.3) is 5.65 Å². The smallest absolute Gasteiger partial charge is 0.243 e. The van der Waals surface area contributed by atoms with Gasteiger partial charge in [-0.05, 0) is 34.5 Å². The maximum Gasteiger partial charge on any atom is 0.243 e. The number of aromatic nitrogens is 3. The third kappa shape index (κ3) is 3.65. The fourth-order valence-electron chi connectivity index (χ4n) is 1.41. The van der Waals surface area contributed by atoms with Crippen LogP contribution in [0.15, 0.2) is 22.8 Å². The molecule has 0 fully saturated rings. The van der Waals surface area contributed by atoms with E-state index < -0.39 is 10.0 Å². The van der Waals surface area contributed by atoms with Crippen LogP contribution in [0.4, 0.5) is 5.95 Å². The molecule has 0 saturated carbocycles. The number of sulfonamides is 1. The zero-order chi connectivity index (χ0) is 13.2. The lowest BCUT2D eigenvalue weighted by Crippen LogP contribution is -2.18. The van der Waals surface area contributed by atoms with Crippen LogP contribution < -0.4 is 10.5 Å². The minimum absolute atomic E-state index is 0.0566. The zero-order valence-corrected chi connectivity index (χ0v) is 11.8. The topological polar surface area (TPSA) is 102 Å². The first-order valence-corrected chi connectivity index (χ1v) is 7.71. The van der Waals surface area contributed by atoms with Crippen molar-refractivity contribution in [1.82, 2.24) is 14.6 Å². The number of fused-ring (bicyclic) bond motifs is 1. The van der Waals surface area contributed by atoms with Gasteiger partial charge < -0.3 is 5.32 Å². The Morgan fingerprint density at radius 3 is 2.94 bits per heavy atom. The minimum Gasteiger partial charge on any atom is -0.353 e. The van der Waals surface area contributed by atoms with E-state index in [1.807, 2.05) is 12.1 Å². The highest BCUT2D eigenvalue weighted by molar-refractivity contribution is 9.10. The number of pyridine rings is 1. The van der Waals surface area contributed by atoms with E-state index in [1.165, 1.54) is 0 Å². The Kier molecular flexibility index (Phi) is 3.83. The van der Waals surface area contributed by atoms with Crippen LogP contribution in [0.5, 0.6) is 0 Å². The van der Waals surface area contributed by atoms with E-state index in [0.717, 1.165) is 4.47 Å². The molecule has 18 heavy (non-hydrogen) atoms. The number of rotatable bonds is 5. The summed E-state index contributed by atoms with van der Waals surface area (Å²) in [4.78, 5) is 4.23. The summed E-state index contributed by atoms with van der Waals surface area (Å²) in [7, 11) is -3.40. The Morgan fingerprint density at radius 2 is 2.22 bits per heavy atom. The van der Waals surface area contributed by atoms with Gasteiger partial charge in [-0.2, -0.15) is 4.98 Å². The number of hydrogen-bond acceptors (Lipinski definition) is 5. The van der Waals surface area contributed by atoms with E-state index in [2.05, 4.69) is 31.3 Å². The highest BCUT2D eigenvalue weighted by Gasteiger charge is 2.05. The van der Waals surface area contributed by atoms with Gasteiger partial charge in [-0.15, -0.1) is 5.10 Å². The number of nitrogens with zero attached hydrogens (tertiary/aromatic N) is 3. The van der Waals surface area contributed by atoms with Crippen molar-refractivity contribution in [1.29, 1.82) is 0 Å². The van der Waals surface area contributed by atoms with E-state index in [1.54, 1.807) is 10.7 Å². The van der Waals surface area contributed by atoms with E-state index >= 15 is 0 Å². The van der Waals surface area contributed by atoms with E-state index in [9.17, 15) is 8.42 Å². The molecule has 2 rings (SSSR count). The molecular weight excluding hydrogens is 322 g/mol. The Morgan fingerprint density at radius 1 is 1.44 bits per heavy atom. The first-order valence-electron chi connectivity index (χ1n) is 5.20. The molecule has 0 saturated heterocycles. The van der Waals surface area contributed by atoms with Crippen LogP contribution >= 0.6 is 15.9 Å². The molecule has 0 unspecified atom stereocenters. The van der Waals surface area contributed by atoms with Gasteiger partial charge >= 0.3 is 0 Å². The number of nitrogens with two attached hydrogens (primary N) is 1. The molecule has 0 atom stereocenters. The standard InChI is InChI=1S/C9H12BrN5O2S/c10-7-2-3-8-13-9(14-15(8)6-7)12-4-1-5-18(11,16)17/h2-3,6H,1,4-5H2,(H,12,14)(H2,11,16,17). The summed E-state index contributed by atoms with van der Waals surface area (Å²) < 4.78 is 24.0. The first-order chi connectivity index (χ1) is 8.44. The molecule has 0 bridgehead atoms. The van der Waals surface area contributed by atoms with Crippen molar-refractivity contribution in [3.05, 3.63) is 22.8 Å². The summed E-state index contributed by atoms with van der Waals surface area (Å²) in [5, 5.41) is 12.0. The van der Waals surface area contributed by atoms with Gasteiger partial charge in [0.2, 0.25) is 16.0 Å². The molecule has 2 aromatic heterocycles. The normalized spacial score (nSPS) is 11.9. The number of primary sulfonamides is 1. The molecule has 2 aromatic rings. The lowest BCUT2D eigenvalue weighted by Gasteiger charge is -1.99. The van der Waals surface area contributed by atoms with Gasteiger partial charge in [-0.3, -0.25) is 0 Å². The summed E-state index contributed by atoms with van der Waals surface area (Å²) in [5.41, 5.74) is 0.715. The van der Waals surface area contributed by atoms with Crippen LogP contribution in [-0.4, -0.2) is 35.3 Å². The van der Waals surface area contributed by atoms with E-state index in [0.29, 0.717) is 24.6 Å². The van der Waals surface area contributed by atoms with Crippen molar-refractivity contribution in [2.45, 2.75) is 6.42 Å². The second-order valence-corrected chi connectivity index (χ2v) is 6.38. The highest BCUT2D eigenvalue weighted by Crippen LogP contribution is 2.11. The molecule has 0 amide bonds. The van der Waals surface area contributed by atoms with Crippen LogP contribution in [0.3, 0.4) is 0 Å². The maximum absolute atomic E-state index is 10.7. The summed E-state index contributed by atoms with van der Waals surface area (Å²) >= 11 is 3.34. The lowest BCUT2D eigenvalue weighted by molar-refractivity contribution is 0.595. The number of anilines is 1. The van der Waals surface area contributed by atoms with Gasteiger partial charge in [-0.25, -0.2) is 18.1 Å². The zero-order valence-electron chi connectivity index (χ0n) is 9.38. The van der Waals surface area contributed by atoms with E-state index in [4.69, 9.17) is 5.14 Å². The van der Waals surface area contributed by atoms with Crippen molar-refractivity contribution in [2.24, 2.45) is 5.14 Å². The molecule has 0 aromatic carbocycles. The van der Waals surface area contributed by atoms with Gasteiger partial charge in [0.1, 0.15) is 0 Å². The SMILES string of the molecule is NS(=O)(=O)CCCNc1nc2ccc(Br)cn2n1. The molecule has 7 nitrogen and oxygen atoms in total. The Hall–Kier alpha value is -1.19. The second-order valence-electron chi connectivity index (χ2n) is 3.73. The summed E-state index contributed by atoms with van der Waals surface area (Å²) in [6.45, 7) is 0.453. The molecule has 0 aliphatic rings. The summed E-state index contributed by atoms with van der Waals surface area (Å²) in [5.74, 6) is 0.404. The van der Waals surface area contributed by atoms with Crippen LogP contribution in [0.1, 0.15) is 6.42 Å². The van der Waals surface area contributed by atoms with Crippen molar-refractivity contribution in [3.63, 3.8) is 0 Å². The molecule has 9 heteroatoms. The largest absolute Gasteiger partial charge is 0.353 e. The van der Waals surface area contributed by atoms with Gasteiger partial charge in [0, 0.05) is 17.2 Å². The van der Waals surface area contributed by atoms with Crippen molar-refractivity contribution in [2.75, 3.05) is 17.6 Å². The second kappa shape index (κ2) is 5.21. The average Bonchev–Trinajstić information content (AvgIpc) is 2.65. The van der Waals surface area contributed by atoms with Gasteiger partial charge in [0.15, 0.2) is 5.65 Å². The molecule has 0 aliphatic heterocycles. The summed E-state index contributed by atoms with van der Waals surface area (Å²) in [6.07, 6.45) is 2.20. The van der Waals surface area contributed by atoms with E-state index in [-0.39, 0.29) is 5.75 Å². The van der Waals surface area contributed by atoms with Crippen molar-refractivity contribution < 1.29 is 8.42 Å². The lowest BCUT2D eigenvalue weighted by atomic mass is 10.5. The van der Waals surface area contributed by atoms with Gasteiger partial charge in [0.05, 0.1) is 5.75 Å². The molecule has 0 radical (unpaired) electrons. The monoisotopic (exact) mass is 333 g/mol. The third-order valence-electron chi connectivity index (χ3n) is 2.18. The summed E-state index contributed by atoms with van der Waals surface area (Å²) in [6, 6.07) is 3.70.